The van der Waals surface area contributed by atoms with Crippen molar-refractivity contribution in [2.75, 3.05) is 0 Å². The maximum absolute atomic E-state index is 10.3. The first-order chi connectivity index (χ1) is 7.81. The predicted octanol–water partition coefficient (Wildman–Crippen LogP) is 3.34. The van der Waals surface area contributed by atoms with E-state index < -0.39 is 0 Å². The second-order valence-corrected chi connectivity index (χ2v) is 3.71. The Balaban J connectivity index is 2.40. The third-order valence-electron chi connectivity index (χ3n) is 2.23. The van der Waals surface area contributed by atoms with Crippen LogP contribution >= 0.6 is 11.6 Å². The SMILES string of the molecule is O=C/C=C/c1cccn1-c1ccc(Cl)cc1. The van der Waals surface area contributed by atoms with Gasteiger partial charge in [0, 0.05) is 22.6 Å². The Kier molecular flexibility index (Phi) is 3.22. The number of nitrogens with zero attached hydrogens (tertiary/aromatic N) is 1. The van der Waals surface area contributed by atoms with Crippen molar-refractivity contribution in [2.24, 2.45) is 0 Å². The molecule has 0 aliphatic heterocycles. The van der Waals surface area contributed by atoms with Gasteiger partial charge in [0.2, 0.25) is 0 Å². The number of carbonyl (C=O) groups is 1. The molecule has 16 heavy (non-hydrogen) atoms. The molecule has 1 aromatic carbocycles. The summed E-state index contributed by atoms with van der Waals surface area (Å²) in [5.41, 5.74) is 1.97. The highest BCUT2D eigenvalue weighted by atomic mass is 35.5. The zero-order valence-electron chi connectivity index (χ0n) is 8.51. The number of aromatic nitrogens is 1. The first-order valence-electron chi connectivity index (χ1n) is 4.86. The summed E-state index contributed by atoms with van der Waals surface area (Å²) >= 11 is 5.83. The van der Waals surface area contributed by atoms with Crippen LogP contribution in [0.2, 0.25) is 5.02 Å². The monoisotopic (exact) mass is 231 g/mol. The summed E-state index contributed by atoms with van der Waals surface area (Å²) in [6, 6.07) is 11.4. The minimum Gasteiger partial charge on any atom is -0.317 e. The van der Waals surface area contributed by atoms with Gasteiger partial charge in [0.1, 0.15) is 6.29 Å². The van der Waals surface area contributed by atoms with Gasteiger partial charge in [-0.15, -0.1) is 0 Å². The molecular weight excluding hydrogens is 222 g/mol. The van der Waals surface area contributed by atoms with E-state index in [9.17, 15) is 4.79 Å². The van der Waals surface area contributed by atoms with Crippen LogP contribution in [-0.2, 0) is 4.79 Å². The first kappa shape index (κ1) is 10.7. The summed E-state index contributed by atoms with van der Waals surface area (Å²) in [7, 11) is 0. The van der Waals surface area contributed by atoms with E-state index in [0.29, 0.717) is 5.02 Å². The van der Waals surface area contributed by atoms with E-state index in [1.165, 1.54) is 6.08 Å². The molecule has 0 saturated carbocycles. The lowest BCUT2D eigenvalue weighted by Gasteiger charge is -2.05. The molecule has 0 radical (unpaired) electrons. The molecule has 3 heteroatoms. The molecule has 1 aromatic heterocycles. The number of benzene rings is 1. The molecule has 2 nitrogen and oxygen atoms in total. The van der Waals surface area contributed by atoms with E-state index in [-0.39, 0.29) is 0 Å². The minimum absolute atomic E-state index is 0.709. The van der Waals surface area contributed by atoms with E-state index in [1.54, 1.807) is 6.08 Å². The van der Waals surface area contributed by atoms with Gasteiger partial charge in [0.05, 0.1) is 0 Å². The maximum atomic E-state index is 10.3. The van der Waals surface area contributed by atoms with Crippen molar-refractivity contribution >= 4 is 24.0 Å². The van der Waals surface area contributed by atoms with E-state index in [2.05, 4.69) is 0 Å². The number of allylic oxidation sites excluding steroid dienone is 1. The van der Waals surface area contributed by atoms with Crippen LogP contribution in [0, 0.1) is 0 Å². The fourth-order valence-corrected chi connectivity index (χ4v) is 1.63. The summed E-state index contributed by atoms with van der Waals surface area (Å²) in [5, 5.41) is 0.709. The predicted molar refractivity (Wildman–Crippen MR) is 65.9 cm³/mol. The lowest BCUT2D eigenvalue weighted by atomic mass is 10.3. The molecule has 0 amide bonds. The molecule has 0 aliphatic rings. The summed E-state index contributed by atoms with van der Waals surface area (Å²) in [5.74, 6) is 0. The van der Waals surface area contributed by atoms with Crippen LogP contribution in [0.1, 0.15) is 5.69 Å². The fourth-order valence-electron chi connectivity index (χ4n) is 1.50. The molecule has 1 heterocycles. The highest BCUT2D eigenvalue weighted by Gasteiger charge is 1.99. The van der Waals surface area contributed by atoms with E-state index in [1.807, 2.05) is 47.2 Å². The van der Waals surface area contributed by atoms with Crippen molar-refractivity contribution in [1.82, 2.24) is 4.57 Å². The Bertz CT molecular complexity index is 511. The molecule has 0 atom stereocenters. The smallest absolute Gasteiger partial charge is 0.142 e. The number of aldehydes is 1. The summed E-state index contributed by atoms with van der Waals surface area (Å²) in [4.78, 5) is 10.3. The summed E-state index contributed by atoms with van der Waals surface area (Å²) in [6.45, 7) is 0. The Morgan fingerprint density at radius 1 is 1.12 bits per heavy atom. The van der Waals surface area contributed by atoms with Crippen molar-refractivity contribution in [3.63, 3.8) is 0 Å². The average molecular weight is 232 g/mol. The number of carbonyl (C=O) groups excluding carboxylic acids is 1. The van der Waals surface area contributed by atoms with Gasteiger partial charge >= 0.3 is 0 Å². The maximum Gasteiger partial charge on any atom is 0.142 e. The topological polar surface area (TPSA) is 22.0 Å². The summed E-state index contributed by atoms with van der Waals surface area (Å²) in [6.07, 6.45) is 5.94. The third-order valence-corrected chi connectivity index (χ3v) is 2.48. The molecule has 0 unspecified atom stereocenters. The fraction of sp³-hybridized carbons (Fsp3) is 0. The molecule has 0 bridgehead atoms. The zero-order chi connectivity index (χ0) is 11.4. The highest BCUT2D eigenvalue weighted by Crippen LogP contribution is 2.16. The van der Waals surface area contributed by atoms with Crippen LogP contribution in [0.15, 0.2) is 48.7 Å². The molecular formula is C13H10ClNO. The Morgan fingerprint density at radius 2 is 1.88 bits per heavy atom. The summed E-state index contributed by atoms with van der Waals surface area (Å²) < 4.78 is 1.98. The van der Waals surface area contributed by atoms with Crippen molar-refractivity contribution in [3.05, 3.63) is 59.4 Å². The number of halogens is 1. The normalized spacial score (nSPS) is 10.8. The van der Waals surface area contributed by atoms with Crippen LogP contribution in [0.5, 0.6) is 0 Å². The number of rotatable bonds is 3. The largest absolute Gasteiger partial charge is 0.317 e. The number of hydrogen-bond acceptors (Lipinski definition) is 1. The average Bonchev–Trinajstić information content (AvgIpc) is 2.75. The van der Waals surface area contributed by atoms with Crippen LogP contribution in [0.25, 0.3) is 11.8 Å². The van der Waals surface area contributed by atoms with Crippen molar-refractivity contribution in [1.29, 1.82) is 0 Å². The quantitative estimate of drug-likeness (QED) is 0.587. The molecule has 2 rings (SSSR count). The van der Waals surface area contributed by atoms with Crippen LogP contribution < -0.4 is 0 Å². The highest BCUT2D eigenvalue weighted by molar-refractivity contribution is 6.30. The lowest BCUT2D eigenvalue weighted by molar-refractivity contribution is -0.104. The molecule has 0 saturated heterocycles. The third kappa shape index (κ3) is 2.23. The van der Waals surface area contributed by atoms with Gasteiger partial charge in [-0.1, -0.05) is 11.6 Å². The zero-order valence-corrected chi connectivity index (χ0v) is 9.26. The van der Waals surface area contributed by atoms with E-state index in [4.69, 9.17) is 11.6 Å². The van der Waals surface area contributed by atoms with Gasteiger partial charge in [-0.3, -0.25) is 4.79 Å². The van der Waals surface area contributed by atoms with Crippen LogP contribution in [0.4, 0.5) is 0 Å². The Labute approximate surface area is 98.8 Å². The van der Waals surface area contributed by atoms with Gasteiger partial charge in [0.25, 0.3) is 0 Å². The minimum atomic E-state index is 0.709. The van der Waals surface area contributed by atoms with Crippen molar-refractivity contribution in [3.8, 4) is 5.69 Å². The van der Waals surface area contributed by atoms with E-state index in [0.717, 1.165) is 17.7 Å². The standard InChI is InChI=1S/C13H10ClNO/c14-11-5-7-13(8-6-11)15-9-1-3-12(15)4-2-10-16/h1-10H/b4-2+. The van der Waals surface area contributed by atoms with Crippen LogP contribution in [0.3, 0.4) is 0 Å². The van der Waals surface area contributed by atoms with Gasteiger partial charge < -0.3 is 4.57 Å². The molecule has 2 aromatic rings. The van der Waals surface area contributed by atoms with Crippen molar-refractivity contribution < 1.29 is 4.79 Å². The second-order valence-electron chi connectivity index (χ2n) is 3.27. The number of hydrogen-bond donors (Lipinski definition) is 0. The molecule has 0 N–H and O–H groups in total. The second kappa shape index (κ2) is 4.81. The molecule has 80 valence electrons. The first-order valence-corrected chi connectivity index (χ1v) is 5.24. The molecule has 0 fully saturated rings. The van der Waals surface area contributed by atoms with E-state index >= 15 is 0 Å². The Morgan fingerprint density at radius 3 is 2.56 bits per heavy atom. The van der Waals surface area contributed by atoms with Gasteiger partial charge in [-0.05, 0) is 48.6 Å². The van der Waals surface area contributed by atoms with Crippen molar-refractivity contribution in [2.45, 2.75) is 0 Å². The lowest BCUT2D eigenvalue weighted by Crippen LogP contribution is -1.93. The van der Waals surface area contributed by atoms with Gasteiger partial charge in [-0.25, -0.2) is 0 Å². The van der Waals surface area contributed by atoms with Gasteiger partial charge in [-0.2, -0.15) is 0 Å². The Hall–Kier alpha value is -1.80. The van der Waals surface area contributed by atoms with Crippen LogP contribution in [-0.4, -0.2) is 10.9 Å². The van der Waals surface area contributed by atoms with Gasteiger partial charge in [0.15, 0.2) is 0 Å². The molecule has 0 aliphatic carbocycles. The molecule has 0 spiro atoms.